The minimum atomic E-state index is -0.454. The number of carbonyl (C=O) groups is 2. The van der Waals surface area contributed by atoms with Crippen LogP contribution in [0.2, 0.25) is 0 Å². The second kappa shape index (κ2) is 7.11. The third kappa shape index (κ3) is 3.37. The van der Waals surface area contributed by atoms with Crippen LogP contribution in [-0.2, 0) is 14.4 Å². The molecule has 1 N–H and O–H groups in total. The minimum absolute atomic E-state index is 0.120. The number of oxazole rings is 1. The number of hydrogen-bond acceptors (Lipinski definition) is 6. The number of anilines is 1. The first-order valence-electron chi connectivity index (χ1n) is 8.35. The van der Waals surface area contributed by atoms with Crippen LogP contribution >= 0.6 is 0 Å². The van der Waals surface area contributed by atoms with Gasteiger partial charge < -0.3 is 19.3 Å². The Morgan fingerprint density at radius 3 is 2.88 bits per heavy atom. The molecule has 140 valence electrons. The van der Waals surface area contributed by atoms with E-state index in [-0.39, 0.29) is 18.5 Å². The molecule has 26 heavy (non-hydrogen) atoms. The lowest BCUT2D eigenvalue weighted by Gasteiger charge is -2.13. The Morgan fingerprint density at radius 1 is 1.46 bits per heavy atom. The monoisotopic (exact) mass is 362 g/mol. The van der Waals surface area contributed by atoms with E-state index >= 15 is 0 Å². The molecule has 9 heteroatoms. The van der Waals surface area contributed by atoms with Gasteiger partial charge in [-0.3, -0.25) is 14.3 Å². The number of ether oxygens (including phenoxy) is 1. The number of cyclic esters (lactones) is 1. The van der Waals surface area contributed by atoms with Gasteiger partial charge in [0.05, 0.1) is 24.3 Å². The van der Waals surface area contributed by atoms with E-state index in [1.54, 1.807) is 6.07 Å². The Morgan fingerprint density at radius 2 is 2.23 bits per heavy atom. The van der Waals surface area contributed by atoms with E-state index in [4.69, 9.17) is 14.0 Å². The smallest absolute Gasteiger partial charge is 0.414 e. The number of benzene rings is 1. The largest absolute Gasteiger partial charge is 0.442 e. The molecule has 1 fully saturated rings. The third-order valence-corrected chi connectivity index (χ3v) is 4.06. The summed E-state index contributed by atoms with van der Waals surface area (Å²) in [6.45, 7) is 6.09. The summed E-state index contributed by atoms with van der Waals surface area (Å²) in [5, 5.41) is 6.57. The quantitative estimate of drug-likeness (QED) is 0.817. The second-order valence-corrected chi connectivity index (χ2v) is 6.33. The van der Waals surface area contributed by atoms with Crippen LogP contribution in [0.4, 0.5) is 10.5 Å². The van der Waals surface area contributed by atoms with Crippen molar-refractivity contribution in [3.63, 3.8) is 0 Å². The zero-order valence-corrected chi connectivity index (χ0v) is 15.2. The molecule has 0 radical (unpaired) electrons. The summed E-state index contributed by atoms with van der Waals surface area (Å²) in [6.07, 6.45) is -0.844. The van der Waals surface area contributed by atoms with Gasteiger partial charge in [-0.1, -0.05) is 0 Å². The maximum absolute atomic E-state index is 12.2. The van der Waals surface area contributed by atoms with Crippen LogP contribution in [0.5, 0.6) is 0 Å². The normalized spacial score (nSPS) is 17.9. The molecule has 0 bridgehead atoms. The molecule has 1 aromatic carbocycles. The van der Waals surface area contributed by atoms with Crippen molar-refractivity contribution in [1.29, 1.82) is 0 Å². The third-order valence-electron chi connectivity index (χ3n) is 4.06. The van der Waals surface area contributed by atoms with Crippen molar-refractivity contribution >= 4 is 28.8 Å². The molecular weight excluding hydrogens is 340 g/mol. The van der Waals surface area contributed by atoms with Gasteiger partial charge in [-0.2, -0.15) is 0 Å². The SMILES string of the molecule is CON=c1oc2cc(N3C[C@H](CNC(C)=O)OC3=O)ccc2n1C(C)C. The fourth-order valence-corrected chi connectivity index (χ4v) is 2.94. The predicted octanol–water partition coefficient (Wildman–Crippen LogP) is 1.74. The van der Waals surface area contributed by atoms with Gasteiger partial charge in [-0.25, -0.2) is 4.79 Å². The Balaban J connectivity index is 1.91. The summed E-state index contributed by atoms with van der Waals surface area (Å²) in [7, 11) is 1.46. The van der Waals surface area contributed by atoms with Gasteiger partial charge in [0.1, 0.15) is 13.2 Å². The Kier molecular flexibility index (Phi) is 4.88. The van der Waals surface area contributed by atoms with E-state index in [0.717, 1.165) is 5.52 Å². The van der Waals surface area contributed by atoms with Crippen LogP contribution in [0.15, 0.2) is 27.8 Å². The number of fused-ring (bicyclic) bond motifs is 1. The molecular formula is C17H22N4O5. The van der Waals surface area contributed by atoms with E-state index in [9.17, 15) is 9.59 Å². The van der Waals surface area contributed by atoms with Gasteiger partial charge in [0.25, 0.3) is 0 Å². The summed E-state index contributed by atoms with van der Waals surface area (Å²) in [5.74, 6) is -0.163. The van der Waals surface area contributed by atoms with Crippen molar-refractivity contribution in [2.24, 2.45) is 5.16 Å². The maximum Gasteiger partial charge on any atom is 0.414 e. The lowest BCUT2D eigenvalue weighted by molar-refractivity contribution is -0.119. The molecule has 2 aromatic rings. The molecule has 1 atom stereocenters. The highest BCUT2D eigenvalue weighted by molar-refractivity contribution is 5.92. The molecule has 0 spiro atoms. The number of amides is 2. The van der Waals surface area contributed by atoms with E-state index in [2.05, 4.69) is 10.5 Å². The number of carbonyl (C=O) groups excluding carboxylic acids is 2. The highest BCUT2D eigenvalue weighted by Gasteiger charge is 2.32. The van der Waals surface area contributed by atoms with E-state index in [0.29, 0.717) is 23.5 Å². The molecule has 2 amide bonds. The Bertz CT molecular complexity index is 898. The van der Waals surface area contributed by atoms with Gasteiger partial charge in [0.2, 0.25) is 5.91 Å². The first-order valence-corrected chi connectivity index (χ1v) is 8.35. The average molecular weight is 362 g/mol. The lowest BCUT2D eigenvalue weighted by atomic mass is 10.2. The Labute approximate surface area is 150 Å². The topological polar surface area (TPSA) is 98.3 Å². The molecule has 0 unspecified atom stereocenters. The summed E-state index contributed by atoms with van der Waals surface area (Å²) in [5.41, 5.74) is 2.44. The summed E-state index contributed by atoms with van der Waals surface area (Å²) in [6, 6.07) is 5.59. The first kappa shape index (κ1) is 17.8. The lowest BCUT2D eigenvalue weighted by Crippen LogP contribution is -2.33. The van der Waals surface area contributed by atoms with Crippen LogP contribution in [0.1, 0.15) is 26.8 Å². The van der Waals surface area contributed by atoms with Crippen molar-refractivity contribution in [1.82, 2.24) is 9.88 Å². The van der Waals surface area contributed by atoms with Crippen molar-refractivity contribution in [2.45, 2.75) is 32.9 Å². The van der Waals surface area contributed by atoms with Crippen molar-refractivity contribution < 1.29 is 23.6 Å². The maximum atomic E-state index is 12.2. The summed E-state index contributed by atoms with van der Waals surface area (Å²) < 4.78 is 13.0. The summed E-state index contributed by atoms with van der Waals surface area (Å²) in [4.78, 5) is 29.6. The van der Waals surface area contributed by atoms with Crippen LogP contribution < -0.4 is 15.9 Å². The van der Waals surface area contributed by atoms with Crippen LogP contribution in [0.25, 0.3) is 11.1 Å². The summed E-state index contributed by atoms with van der Waals surface area (Å²) >= 11 is 0. The van der Waals surface area contributed by atoms with Crippen LogP contribution in [0, 0.1) is 0 Å². The number of aromatic nitrogens is 1. The molecule has 3 rings (SSSR count). The minimum Gasteiger partial charge on any atom is -0.442 e. The zero-order chi connectivity index (χ0) is 18.8. The molecule has 1 saturated heterocycles. The van der Waals surface area contributed by atoms with E-state index in [1.165, 1.54) is 18.9 Å². The number of nitrogens with one attached hydrogen (secondary N) is 1. The predicted molar refractivity (Wildman–Crippen MR) is 93.5 cm³/mol. The molecule has 0 saturated carbocycles. The van der Waals surface area contributed by atoms with Crippen molar-refractivity contribution in [3.05, 3.63) is 23.9 Å². The van der Waals surface area contributed by atoms with Gasteiger partial charge in [0.15, 0.2) is 5.58 Å². The van der Waals surface area contributed by atoms with Crippen molar-refractivity contribution in [2.75, 3.05) is 25.1 Å². The number of hydrogen-bond donors (Lipinski definition) is 1. The van der Waals surface area contributed by atoms with Gasteiger partial charge in [-0.05, 0) is 31.1 Å². The number of nitrogens with zero attached hydrogens (tertiary/aromatic N) is 3. The molecule has 0 aliphatic carbocycles. The fourth-order valence-electron chi connectivity index (χ4n) is 2.94. The zero-order valence-electron chi connectivity index (χ0n) is 15.2. The number of rotatable bonds is 5. The van der Waals surface area contributed by atoms with Crippen LogP contribution in [0.3, 0.4) is 0 Å². The highest BCUT2D eigenvalue weighted by Crippen LogP contribution is 2.26. The molecule has 9 nitrogen and oxygen atoms in total. The Hall–Kier alpha value is -2.97. The molecule has 2 heterocycles. The van der Waals surface area contributed by atoms with E-state index < -0.39 is 12.2 Å². The fraction of sp³-hybridized carbons (Fsp3) is 0.471. The molecule has 1 aliphatic heterocycles. The van der Waals surface area contributed by atoms with Crippen molar-refractivity contribution in [3.8, 4) is 0 Å². The van der Waals surface area contributed by atoms with Gasteiger partial charge in [0, 0.05) is 19.0 Å². The van der Waals surface area contributed by atoms with Crippen LogP contribution in [-0.4, -0.2) is 42.9 Å². The van der Waals surface area contributed by atoms with Gasteiger partial charge >= 0.3 is 11.8 Å². The average Bonchev–Trinajstić information content (AvgIpc) is 3.12. The van der Waals surface area contributed by atoms with Gasteiger partial charge in [-0.15, -0.1) is 0 Å². The second-order valence-electron chi connectivity index (χ2n) is 6.33. The molecule has 1 aliphatic rings. The van der Waals surface area contributed by atoms with E-state index in [1.807, 2.05) is 30.5 Å². The highest BCUT2D eigenvalue weighted by atomic mass is 16.6. The molecule has 1 aromatic heterocycles. The first-order chi connectivity index (χ1) is 12.4. The standard InChI is InChI=1S/C17H22N4O5/c1-10(2)21-14-6-5-12(7-15(14)26-16(21)19-24-4)20-9-13(25-17(20)23)8-18-11(3)22/h5-7,10,13H,8-9H2,1-4H3,(H,18,22)/t13-/m0/s1.